The van der Waals surface area contributed by atoms with Gasteiger partial charge in [-0.15, -0.1) is 0 Å². The van der Waals surface area contributed by atoms with Crippen molar-refractivity contribution in [2.45, 2.75) is 56.1 Å². The molecule has 0 bridgehead atoms. The van der Waals surface area contributed by atoms with E-state index in [0.717, 1.165) is 4.31 Å². The van der Waals surface area contributed by atoms with Crippen molar-refractivity contribution in [3.8, 4) is 23.0 Å². The number of nitrogens with zero attached hydrogens (tertiary/aromatic N) is 3. The Kier molecular flexibility index (Phi) is 11.9. The molecule has 3 aliphatic heterocycles. The number of hydrogen-bond acceptors (Lipinski definition) is 15. The van der Waals surface area contributed by atoms with E-state index in [0.29, 0.717) is 36.5 Å². The number of carbonyl (C=O) groups is 2. The molecule has 3 aromatic carbocycles. The number of nitrogens with one attached hydrogen (secondary N) is 1. The maximum atomic E-state index is 14.0. The number of alkyl carbamates (subject to hydrolysis) is 1. The molecule has 56 heavy (non-hydrogen) atoms. The molecule has 0 aromatic heterocycles. The van der Waals surface area contributed by atoms with Gasteiger partial charge in [-0.05, 0) is 48.6 Å². The van der Waals surface area contributed by atoms with Crippen LogP contribution >= 0.6 is 0 Å². The van der Waals surface area contributed by atoms with E-state index in [1.807, 2.05) is 0 Å². The Morgan fingerprint density at radius 3 is 2.41 bits per heavy atom. The first-order valence-corrected chi connectivity index (χ1v) is 18.8. The van der Waals surface area contributed by atoms with E-state index >= 15 is 0 Å². The van der Waals surface area contributed by atoms with Gasteiger partial charge in [0.2, 0.25) is 22.6 Å². The summed E-state index contributed by atoms with van der Waals surface area (Å²) < 4.78 is 62.1. The number of aliphatic hydroxyl groups is 1. The molecule has 2 fully saturated rings. The minimum Gasteiger partial charge on any atom is -0.478 e. The summed E-state index contributed by atoms with van der Waals surface area (Å²) in [7, 11) is -4.22. The normalized spacial score (nSPS) is 19.7. The number of aliphatic hydroxyl groups excluding tert-OH is 1. The van der Waals surface area contributed by atoms with Crippen molar-refractivity contribution in [1.29, 1.82) is 0 Å². The van der Waals surface area contributed by atoms with Gasteiger partial charge in [-0.2, -0.15) is 4.31 Å². The molecule has 3 aromatic rings. The third kappa shape index (κ3) is 8.92. The molecule has 300 valence electrons. The van der Waals surface area contributed by atoms with Crippen LogP contribution in [0.3, 0.4) is 0 Å². The van der Waals surface area contributed by atoms with Crippen LogP contribution in [-0.4, -0.2) is 102 Å². The summed E-state index contributed by atoms with van der Waals surface area (Å²) in [5.41, 5.74) is -2.12. The second-order valence-corrected chi connectivity index (χ2v) is 15.6. The number of aromatic carboxylic acids is 1. The summed E-state index contributed by atoms with van der Waals surface area (Å²) in [5.74, 6) is -2.24. The van der Waals surface area contributed by atoms with Crippen LogP contribution in [0, 0.1) is 32.1 Å². The fourth-order valence-corrected chi connectivity index (χ4v) is 8.16. The quantitative estimate of drug-likeness (QED) is 0.137. The molecule has 1 unspecified atom stereocenters. The molecule has 0 saturated carbocycles. The summed E-state index contributed by atoms with van der Waals surface area (Å²) in [6.45, 7) is 3.64. The van der Waals surface area contributed by atoms with Gasteiger partial charge < -0.3 is 44.0 Å². The van der Waals surface area contributed by atoms with E-state index in [-0.39, 0.29) is 54.6 Å². The molecule has 2 saturated heterocycles. The molecule has 0 radical (unpaired) electrons. The number of nitro benzene ring substituents is 2. The van der Waals surface area contributed by atoms with E-state index in [2.05, 4.69) is 5.32 Å². The van der Waals surface area contributed by atoms with Gasteiger partial charge in [-0.3, -0.25) is 20.2 Å². The molecule has 5 atom stereocenters. The number of carboxylic acids is 1. The summed E-state index contributed by atoms with van der Waals surface area (Å²) in [4.78, 5) is 46.2. The summed E-state index contributed by atoms with van der Waals surface area (Å²) in [6.07, 6.45) is -3.01. The second-order valence-electron chi connectivity index (χ2n) is 13.6. The van der Waals surface area contributed by atoms with Crippen molar-refractivity contribution < 1.29 is 66.5 Å². The van der Waals surface area contributed by atoms with Gasteiger partial charge in [0.15, 0.2) is 17.8 Å². The first kappa shape index (κ1) is 40.1. The Morgan fingerprint density at radius 1 is 1.00 bits per heavy atom. The van der Waals surface area contributed by atoms with E-state index in [1.54, 1.807) is 13.8 Å². The Bertz CT molecular complexity index is 2060. The van der Waals surface area contributed by atoms with Gasteiger partial charge in [0, 0.05) is 25.2 Å². The number of hydrogen-bond donors (Lipinski definition) is 3. The Labute approximate surface area is 319 Å². The lowest BCUT2D eigenvalue weighted by molar-refractivity contribution is -0.394. The third-order valence-corrected chi connectivity index (χ3v) is 11.1. The van der Waals surface area contributed by atoms with E-state index < -0.39 is 85.7 Å². The van der Waals surface area contributed by atoms with Crippen molar-refractivity contribution in [1.82, 2.24) is 9.62 Å². The van der Waals surface area contributed by atoms with Crippen LogP contribution in [0.25, 0.3) is 0 Å². The molecule has 6 rings (SSSR count). The van der Waals surface area contributed by atoms with Crippen LogP contribution in [0.4, 0.5) is 16.2 Å². The monoisotopic (exact) mass is 802 g/mol. The maximum Gasteiger partial charge on any atom is 0.407 e. The number of amides is 1. The van der Waals surface area contributed by atoms with E-state index in [1.165, 1.54) is 42.5 Å². The van der Waals surface area contributed by atoms with Crippen molar-refractivity contribution in [3.05, 3.63) is 86.0 Å². The fourth-order valence-electron chi connectivity index (χ4n) is 6.53. The van der Waals surface area contributed by atoms with E-state index in [9.17, 15) is 48.4 Å². The molecule has 20 nitrogen and oxygen atoms in total. The molecule has 1 amide bonds. The summed E-state index contributed by atoms with van der Waals surface area (Å²) in [6, 6.07) is 9.86. The zero-order valence-electron chi connectivity index (χ0n) is 30.0. The number of ether oxygens (including phenoxy) is 6. The molecular weight excluding hydrogens is 764 g/mol. The van der Waals surface area contributed by atoms with Gasteiger partial charge in [-0.25, -0.2) is 18.0 Å². The molecule has 3 aliphatic rings. The number of carbonyl (C=O) groups excluding carboxylic acids is 1. The fraction of sp³-hybridized carbons (Fsp3) is 0.429. The van der Waals surface area contributed by atoms with Gasteiger partial charge >= 0.3 is 17.7 Å². The highest BCUT2D eigenvalue weighted by Gasteiger charge is 2.44. The largest absolute Gasteiger partial charge is 0.478 e. The summed E-state index contributed by atoms with van der Waals surface area (Å²) in [5, 5.41) is 47.1. The summed E-state index contributed by atoms with van der Waals surface area (Å²) >= 11 is 0. The number of nitro groups is 2. The van der Waals surface area contributed by atoms with Crippen molar-refractivity contribution in [3.63, 3.8) is 0 Å². The third-order valence-electron chi connectivity index (χ3n) is 9.24. The molecule has 21 heteroatoms. The van der Waals surface area contributed by atoms with Crippen LogP contribution < -0.4 is 19.5 Å². The number of carboxylic acid groups (broad SMARTS) is 1. The van der Waals surface area contributed by atoms with Crippen LogP contribution in [0.5, 0.6) is 23.0 Å². The van der Waals surface area contributed by atoms with E-state index in [4.69, 9.17) is 28.4 Å². The van der Waals surface area contributed by atoms with Gasteiger partial charge in [0.25, 0.3) is 5.69 Å². The molecule has 0 aliphatic carbocycles. The van der Waals surface area contributed by atoms with Gasteiger partial charge in [0.05, 0.1) is 52.1 Å². The standard InChI is InChI=1S/C35H38N4O16S/c1-19(2)15-37(56(48,49)23-7-8-29-30(14-23)53-18-52-29)16-28(40)26(36-35(43)55-31-17-51-34-24(31)9-10-50-34)11-20-3-5-22(6-4-20)54-32-25(33(41)42)12-21(38(44)45)13-27(32)39(46)47/h3-8,12-14,19,24,26,28,31,34,40H,9-11,15-18H2,1-2H3,(H,36,43)(H,41,42)/t24?,26-,28+,31-,34+/m0/s1. The average Bonchev–Trinajstić information content (AvgIpc) is 3.90. The first-order chi connectivity index (χ1) is 26.6. The average molecular weight is 803 g/mol. The second kappa shape index (κ2) is 16.6. The van der Waals surface area contributed by atoms with Crippen molar-refractivity contribution >= 4 is 33.5 Å². The van der Waals surface area contributed by atoms with Crippen LogP contribution in [-0.2, 0) is 30.7 Å². The minimum absolute atomic E-state index is 0.00658. The molecule has 3 heterocycles. The Morgan fingerprint density at radius 2 is 1.73 bits per heavy atom. The lowest BCUT2D eigenvalue weighted by Gasteiger charge is -2.31. The van der Waals surface area contributed by atoms with Crippen molar-refractivity contribution in [2.75, 3.05) is 33.1 Å². The van der Waals surface area contributed by atoms with Gasteiger partial charge in [-0.1, -0.05) is 26.0 Å². The highest BCUT2D eigenvalue weighted by Crippen LogP contribution is 2.39. The molecule has 0 spiro atoms. The SMILES string of the molecule is CC(C)CN(C[C@@H](O)[C@H](Cc1ccc(Oc2c(C(=O)O)cc([N+](=O)[O-])cc2[N+](=O)[O-])cc1)NC(=O)O[C@H]1CO[C@H]2OCCC21)S(=O)(=O)c1ccc2c(c1)OCO2. The van der Waals surface area contributed by atoms with Gasteiger partial charge in [0.1, 0.15) is 17.4 Å². The lowest BCUT2D eigenvalue weighted by Crippen LogP contribution is -2.51. The maximum absolute atomic E-state index is 14.0. The minimum atomic E-state index is -4.22. The van der Waals surface area contributed by atoms with Crippen molar-refractivity contribution in [2.24, 2.45) is 11.8 Å². The topological polar surface area (TPSA) is 266 Å². The number of non-ortho nitro benzene ring substituents is 1. The molecule has 3 N–H and O–H groups in total. The van der Waals surface area contributed by atoms with Crippen LogP contribution in [0.15, 0.2) is 59.5 Å². The number of fused-ring (bicyclic) bond motifs is 2. The van der Waals surface area contributed by atoms with Crippen LogP contribution in [0.2, 0.25) is 0 Å². The predicted molar refractivity (Wildman–Crippen MR) is 190 cm³/mol. The zero-order chi connectivity index (χ0) is 40.3. The smallest absolute Gasteiger partial charge is 0.407 e. The zero-order valence-corrected chi connectivity index (χ0v) is 30.8. The Hall–Kier alpha value is -5.61. The predicted octanol–water partition coefficient (Wildman–Crippen LogP) is 3.83. The number of sulfonamides is 1. The first-order valence-electron chi connectivity index (χ1n) is 17.4. The lowest BCUT2D eigenvalue weighted by atomic mass is 10.0. The van der Waals surface area contributed by atoms with Crippen LogP contribution in [0.1, 0.15) is 36.2 Å². The highest BCUT2D eigenvalue weighted by molar-refractivity contribution is 7.89. The number of benzene rings is 3. The number of rotatable bonds is 16. The molecular formula is C35H38N4O16S. The highest BCUT2D eigenvalue weighted by atomic mass is 32.2. The Balaban J connectivity index is 1.25.